The van der Waals surface area contributed by atoms with Crippen molar-refractivity contribution in [3.8, 4) is 0 Å². The SMILES string of the molecule is Cc1cccc([C@H]2O[C@H](CC(=O)Nc3cccc(CCCC(=O)O)c3)C(=O)N(CC(C)(C)CO)c3ccc(Cl)cc32)c1C. The minimum atomic E-state index is -1.12. The lowest BCUT2D eigenvalue weighted by Gasteiger charge is -2.32. The van der Waals surface area contributed by atoms with Gasteiger partial charge in [0, 0.05) is 46.9 Å². The Labute approximate surface area is 257 Å². The first-order chi connectivity index (χ1) is 20.4. The van der Waals surface area contributed by atoms with Crippen molar-refractivity contribution in [1.82, 2.24) is 0 Å². The number of benzene rings is 3. The number of aliphatic carboxylic acids is 1. The number of nitrogens with zero attached hydrogens (tertiary/aromatic N) is 1. The lowest BCUT2D eigenvalue weighted by Crippen LogP contribution is -2.46. The Kier molecular flexibility index (Phi) is 10.3. The number of carboxylic acid groups (broad SMARTS) is 1. The summed E-state index contributed by atoms with van der Waals surface area (Å²) in [5, 5.41) is 22.4. The van der Waals surface area contributed by atoms with Gasteiger partial charge in [-0.1, -0.05) is 55.8 Å². The number of carbonyl (C=O) groups excluding carboxylic acids is 2. The molecule has 0 aliphatic carbocycles. The Morgan fingerprint density at radius 3 is 2.51 bits per heavy atom. The van der Waals surface area contributed by atoms with Crippen LogP contribution in [0.15, 0.2) is 60.7 Å². The first kappa shape index (κ1) is 32.2. The van der Waals surface area contributed by atoms with Crippen molar-refractivity contribution in [2.75, 3.05) is 23.4 Å². The number of rotatable bonds is 11. The fourth-order valence-corrected chi connectivity index (χ4v) is 5.45. The van der Waals surface area contributed by atoms with Crippen LogP contribution in [-0.4, -0.2) is 47.3 Å². The number of aryl methyl sites for hydroxylation is 2. The molecule has 1 aliphatic rings. The van der Waals surface area contributed by atoms with Crippen LogP contribution in [0.1, 0.15) is 67.0 Å². The van der Waals surface area contributed by atoms with Crippen LogP contribution in [-0.2, 0) is 25.5 Å². The molecule has 0 aromatic heterocycles. The number of halogens is 1. The number of amides is 2. The van der Waals surface area contributed by atoms with Crippen LogP contribution in [0.5, 0.6) is 0 Å². The average molecular weight is 607 g/mol. The average Bonchev–Trinajstić information content (AvgIpc) is 3.05. The molecule has 9 heteroatoms. The second kappa shape index (κ2) is 13.7. The molecule has 0 radical (unpaired) electrons. The zero-order valence-corrected chi connectivity index (χ0v) is 25.8. The Morgan fingerprint density at radius 1 is 1.05 bits per heavy atom. The Morgan fingerprint density at radius 2 is 1.79 bits per heavy atom. The topological polar surface area (TPSA) is 116 Å². The standard InChI is InChI=1S/C34H39ClN2O6/c1-21-8-5-12-26(22(21)2)32-27-17-24(35)14-15-28(27)37(19-34(3,4)20-38)33(42)29(43-32)18-30(39)36-25-11-6-9-23(16-25)10-7-13-31(40)41/h5-6,8-9,11-12,14-17,29,32,38H,7,10,13,18-20H2,1-4H3,(H,36,39)(H,40,41)/t29-,32-/m1/s1. The number of fused-ring (bicyclic) bond motifs is 1. The molecule has 3 aromatic rings. The Balaban J connectivity index is 1.68. The molecule has 1 heterocycles. The second-order valence-corrected chi connectivity index (χ2v) is 12.4. The lowest BCUT2D eigenvalue weighted by atomic mass is 9.91. The highest BCUT2D eigenvalue weighted by Gasteiger charge is 2.40. The Bertz CT molecular complexity index is 1500. The molecule has 0 unspecified atom stereocenters. The minimum absolute atomic E-state index is 0.0660. The number of carboxylic acids is 1. The smallest absolute Gasteiger partial charge is 0.303 e. The maximum Gasteiger partial charge on any atom is 0.303 e. The van der Waals surface area contributed by atoms with E-state index < -0.39 is 29.5 Å². The van der Waals surface area contributed by atoms with Gasteiger partial charge in [0.15, 0.2) is 0 Å². The van der Waals surface area contributed by atoms with Gasteiger partial charge >= 0.3 is 5.97 Å². The van der Waals surface area contributed by atoms with Crippen molar-refractivity contribution >= 4 is 40.8 Å². The third-order valence-electron chi connectivity index (χ3n) is 7.79. The van der Waals surface area contributed by atoms with E-state index in [2.05, 4.69) is 5.32 Å². The molecule has 0 bridgehead atoms. The maximum atomic E-state index is 14.2. The molecular formula is C34H39ClN2O6. The van der Waals surface area contributed by atoms with Gasteiger partial charge in [-0.2, -0.15) is 0 Å². The van der Waals surface area contributed by atoms with Gasteiger partial charge in [0.25, 0.3) is 5.91 Å². The fourth-order valence-electron chi connectivity index (χ4n) is 5.27. The van der Waals surface area contributed by atoms with Crippen LogP contribution < -0.4 is 10.2 Å². The van der Waals surface area contributed by atoms with E-state index in [1.54, 1.807) is 35.2 Å². The van der Waals surface area contributed by atoms with E-state index in [1.807, 2.05) is 58.0 Å². The van der Waals surface area contributed by atoms with Crippen molar-refractivity contribution in [3.63, 3.8) is 0 Å². The van der Waals surface area contributed by atoms with Crippen molar-refractivity contribution in [2.45, 2.75) is 65.6 Å². The summed E-state index contributed by atoms with van der Waals surface area (Å²) in [5.74, 6) is -1.63. The quantitative estimate of drug-likeness (QED) is 0.238. The number of carbonyl (C=O) groups is 3. The molecule has 2 amide bonds. The molecule has 8 nitrogen and oxygen atoms in total. The van der Waals surface area contributed by atoms with Gasteiger partial charge in [-0.3, -0.25) is 14.4 Å². The van der Waals surface area contributed by atoms with Crippen LogP contribution in [0, 0.1) is 19.3 Å². The number of ether oxygens (including phenoxy) is 1. The number of aliphatic hydroxyl groups is 1. The molecule has 0 saturated heterocycles. The largest absolute Gasteiger partial charge is 0.481 e. The summed E-state index contributed by atoms with van der Waals surface area (Å²) >= 11 is 6.48. The van der Waals surface area contributed by atoms with E-state index in [0.717, 1.165) is 22.3 Å². The summed E-state index contributed by atoms with van der Waals surface area (Å²) in [6, 6.07) is 18.5. The Hall–Kier alpha value is -3.72. The summed E-state index contributed by atoms with van der Waals surface area (Å²) < 4.78 is 6.58. The number of aliphatic hydroxyl groups excluding tert-OH is 1. The number of anilines is 2. The predicted molar refractivity (Wildman–Crippen MR) is 168 cm³/mol. The second-order valence-electron chi connectivity index (χ2n) is 11.9. The number of hydrogen-bond donors (Lipinski definition) is 3. The van der Waals surface area contributed by atoms with Gasteiger partial charge in [0.05, 0.1) is 6.42 Å². The van der Waals surface area contributed by atoms with E-state index in [1.165, 1.54) is 0 Å². The third kappa shape index (κ3) is 8.02. The van der Waals surface area contributed by atoms with Gasteiger partial charge in [0.1, 0.15) is 12.2 Å². The number of hydrogen-bond acceptors (Lipinski definition) is 5. The molecule has 0 spiro atoms. The highest BCUT2D eigenvalue weighted by atomic mass is 35.5. The fraction of sp³-hybridized carbons (Fsp3) is 0.382. The minimum Gasteiger partial charge on any atom is -0.481 e. The highest BCUT2D eigenvalue weighted by molar-refractivity contribution is 6.30. The molecule has 1 aliphatic heterocycles. The van der Waals surface area contributed by atoms with Crippen molar-refractivity contribution < 1.29 is 29.3 Å². The monoisotopic (exact) mass is 606 g/mol. The van der Waals surface area contributed by atoms with Gasteiger partial charge in [-0.15, -0.1) is 0 Å². The van der Waals surface area contributed by atoms with Crippen LogP contribution in [0.3, 0.4) is 0 Å². The molecule has 3 aromatic carbocycles. The van der Waals surface area contributed by atoms with Crippen LogP contribution in [0.4, 0.5) is 11.4 Å². The van der Waals surface area contributed by atoms with E-state index in [-0.39, 0.29) is 31.9 Å². The highest BCUT2D eigenvalue weighted by Crippen LogP contribution is 2.42. The van der Waals surface area contributed by atoms with Crippen LogP contribution in [0.2, 0.25) is 5.02 Å². The van der Waals surface area contributed by atoms with Crippen LogP contribution >= 0.6 is 11.6 Å². The molecule has 4 rings (SSSR count). The predicted octanol–water partition coefficient (Wildman–Crippen LogP) is 6.23. The zero-order valence-electron chi connectivity index (χ0n) is 25.0. The van der Waals surface area contributed by atoms with Crippen LogP contribution in [0.25, 0.3) is 0 Å². The van der Waals surface area contributed by atoms with Gasteiger partial charge in [-0.25, -0.2) is 0 Å². The van der Waals surface area contributed by atoms with E-state index in [9.17, 15) is 19.5 Å². The molecule has 43 heavy (non-hydrogen) atoms. The zero-order chi connectivity index (χ0) is 31.3. The van der Waals surface area contributed by atoms with Gasteiger partial charge in [-0.05, 0) is 79.3 Å². The van der Waals surface area contributed by atoms with E-state index >= 15 is 0 Å². The lowest BCUT2D eigenvalue weighted by molar-refractivity contribution is -0.137. The van der Waals surface area contributed by atoms with Gasteiger partial charge in [0.2, 0.25) is 5.91 Å². The van der Waals surface area contributed by atoms with Crippen molar-refractivity contribution in [2.24, 2.45) is 5.41 Å². The van der Waals surface area contributed by atoms with Crippen molar-refractivity contribution in [3.05, 3.63) is 93.5 Å². The molecular weight excluding hydrogens is 568 g/mol. The number of nitrogens with one attached hydrogen (secondary N) is 1. The van der Waals surface area contributed by atoms with E-state index in [4.69, 9.17) is 21.4 Å². The molecule has 0 saturated carbocycles. The third-order valence-corrected chi connectivity index (χ3v) is 8.02. The van der Waals surface area contributed by atoms with Gasteiger partial charge < -0.3 is 25.2 Å². The summed E-state index contributed by atoms with van der Waals surface area (Å²) in [6.45, 7) is 7.81. The molecule has 3 N–H and O–H groups in total. The molecule has 228 valence electrons. The molecule has 2 atom stereocenters. The summed E-state index contributed by atoms with van der Waals surface area (Å²) in [4.78, 5) is 40.1. The first-order valence-electron chi connectivity index (χ1n) is 14.4. The summed E-state index contributed by atoms with van der Waals surface area (Å²) in [5.41, 5.74) is 5.12. The molecule has 0 fully saturated rings. The summed E-state index contributed by atoms with van der Waals surface area (Å²) in [6.07, 6.45) is -0.910. The van der Waals surface area contributed by atoms with Crippen molar-refractivity contribution in [1.29, 1.82) is 0 Å². The summed E-state index contributed by atoms with van der Waals surface area (Å²) in [7, 11) is 0. The van der Waals surface area contributed by atoms with E-state index in [0.29, 0.717) is 34.8 Å². The normalized spacial score (nSPS) is 16.9. The first-order valence-corrected chi connectivity index (χ1v) is 14.8. The maximum absolute atomic E-state index is 14.2.